The van der Waals surface area contributed by atoms with Gasteiger partial charge in [0, 0.05) is 12.7 Å². The number of pyridine rings is 1. The number of rotatable bonds is 5. The molecule has 128 valence electrons. The van der Waals surface area contributed by atoms with E-state index in [0.29, 0.717) is 35.2 Å². The van der Waals surface area contributed by atoms with Crippen molar-refractivity contribution in [1.82, 2.24) is 24.3 Å². The predicted molar refractivity (Wildman–Crippen MR) is 96.3 cm³/mol. The Bertz CT molecular complexity index is 1080. The van der Waals surface area contributed by atoms with Gasteiger partial charge in [0.05, 0.1) is 17.3 Å². The lowest BCUT2D eigenvalue weighted by Gasteiger charge is -2.06. The maximum Gasteiger partial charge on any atom is 0.250 e. The Morgan fingerprint density at radius 1 is 1.08 bits per heavy atom. The number of carbonyl (C=O) groups is 1. The maximum absolute atomic E-state index is 11.6. The van der Waals surface area contributed by atoms with Crippen LogP contribution in [0.1, 0.15) is 15.9 Å². The topological polar surface area (TPSA) is 111 Å². The molecule has 0 unspecified atom stereocenters. The Labute approximate surface area is 148 Å². The molecule has 0 bridgehead atoms. The second kappa shape index (κ2) is 6.60. The molecule has 3 aromatic heterocycles. The standard InChI is InChI=1S/C18H15N7O/c19-15(26)13-7-4-8-25-14(13)10-20-17(25)16-22-11-23-18(24-16)21-9-12-5-2-1-3-6-12/h1-8,10-11H,9H2,(H2,19,26)(H,21,22,23,24). The van der Waals surface area contributed by atoms with Crippen LogP contribution in [0.15, 0.2) is 61.2 Å². The van der Waals surface area contributed by atoms with E-state index >= 15 is 0 Å². The number of benzene rings is 1. The van der Waals surface area contributed by atoms with Crippen LogP contribution in [0.5, 0.6) is 0 Å². The molecule has 0 saturated carbocycles. The van der Waals surface area contributed by atoms with Crippen LogP contribution in [-0.4, -0.2) is 30.2 Å². The lowest BCUT2D eigenvalue weighted by atomic mass is 10.2. The third-order valence-corrected chi connectivity index (χ3v) is 3.90. The number of nitrogens with zero attached hydrogens (tertiary/aromatic N) is 5. The lowest BCUT2D eigenvalue weighted by molar-refractivity contribution is 0.100. The zero-order chi connectivity index (χ0) is 17.9. The minimum atomic E-state index is -0.511. The SMILES string of the molecule is NC(=O)c1cccn2c(-c3ncnc(NCc4ccccc4)n3)ncc12. The van der Waals surface area contributed by atoms with E-state index in [9.17, 15) is 4.79 Å². The molecule has 26 heavy (non-hydrogen) atoms. The van der Waals surface area contributed by atoms with Crippen LogP contribution in [0.2, 0.25) is 0 Å². The monoisotopic (exact) mass is 345 g/mol. The van der Waals surface area contributed by atoms with E-state index in [0.717, 1.165) is 5.56 Å². The van der Waals surface area contributed by atoms with Gasteiger partial charge in [-0.25, -0.2) is 15.0 Å². The summed E-state index contributed by atoms with van der Waals surface area (Å²) in [5, 5.41) is 3.17. The van der Waals surface area contributed by atoms with E-state index in [2.05, 4.69) is 25.3 Å². The Morgan fingerprint density at radius 2 is 1.92 bits per heavy atom. The van der Waals surface area contributed by atoms with E-state index in [1.54, 1.807) is 28.9 Å². The molecule has 0 spiro atoms. The molecular weight excluding hydrogens is 330 g/mol. The van der Waals surface area contributed by atoms with E-state index in [1.165, 1.54) is 6.33 Å². The van der Waals surface area contributed by atoms with Crippen LogP contribution in [0.25, 0.3) is 17.2 Å². The molecule has 3 heterocycles. The Hall–Kier alpha value is -3.81. The van der Waals surface area contributed by atoms with Gasteiger partial charge in [0.2, 0.25) is 11.8 Å². The first kappa shape index (κ1) is 15.7. The normalized spacial score (nSPS) is 10.8. The molecule has 4 rings (SSSR count). The van der Waals surface area contributed by atoms with Gasteiger partial charge in [-0.3, -0.25) is 9.20 Å². The Morgan fingerprint density at radius 3 is 2.73 bits per heavy atom. The maximum atomic E-state index is 11.6. The summed E-state index contributed by atoms with van der Waals surface area (Å²) in [5.41, 5.74) is 7.53. The number of carbonyl (C=O) groups excluding carboxylic acids is 1. The number of imidazole rings is 1. The van der Waals surface area contributed by atoms with E-state index in [1.807, 2.05) is 30.3 Å². The summed E-state index contributed by atoms with van der Waals surface area (Å²) in [5.74, 6) is 0.843. The summed E-state index contributed by atoms with van der Waals surface area (Å²) in [6, 6.07) is 13.3. The van der Waals surface area contributed by atoms with E-state index < -0.39 is 5.91 Å². The predicted octanol–water partition coefficient (Wildman–Crippen LogP) is 1.90. The van der Waals surface area contributed by atoms with Crippen molar-refractivity contribution in [2.45, 2.75) is 6.54 Å². The molecule has 0 aliphatic carbocycles. The summed E-state index contributed by atoms with van der Waals surface area (Å²) in [6.45, 7) is 0.596. The summed E-state index contributed by atoms with van der Waals surface area (Å²) >= 11 is 0. The Balaban J connectivity index is 1.65. The van der Waals surface area contributed by atoms with Crippen molar-refractivity contribution in [3.8, 4) is 11.6 Å². The zero-order valence-corrected chi connectivity index (χ0v) is 13.7. The van der Waals surface area contributed by atoms with Crippen molar-refractivity contribution >= 4 is 17.4 Å². The number of hydrogen-bond donors (Lipinski definition) is 2. The minimum absolute atomic E-state index is 0.391. The lowest BCUT2D eigenvalue weighted by Crippen LogP contribution is -2.12. The fourth-order valence-electron chi connectivity index (χ4n) is 2.66. The number of fused-ring (bicyclic) bond motifs is 1. The average Bonchev–Trinajstić information content (AvgIpc) is 3.11. The quantitative estimate of drug-likeness (QED) is 0.571. The molecule has 0 aliphatic rings. The highest BCUT2D eigenvalue weighted by Crippen LogP contribution is 2.19. The van der Waals surface area contributed by atoms with Gasteiger partial charge in [0.15, 0.2) is 5.82 Å². The largest absolute Gasteiger partial charge is 0.366 e. The van der Waals surface area contributed by atoms with Crippen molar-refractivity contribution in [3.63, 3.8) is 0 Å². The average molecular weight is 345 g/mol. The number of nitrogens with two attached hydrogens (primary N) is 1. The second-order valence-electron chi connectivity index (χ2n) is 5.60. The summed E-state index contributed by atoms with van der Waals surface area (Å²) in [7, 11) is 0. The van der Waals surface area contributed by atoms with Crippen molar-refractivity contribution in [1.29, 1.82) is 0 Å². The third-order valence-electron chi connectivity index (χ3n) is 3.90. The number of amides is 1. The molecule has 3 N–H and O–H groups in total. The van der Waals surface area contributed by atoms with Crippen LogP contribution in [0.4, 0.5) is 5.95 Å². The molecule has 0 saturated heterocycles. The molecule has 0 atom stereocenters. The van der Waals surface area contributed by atoms with Gasteiger partial charge in [-0.15, -0.1) is 0 Å². The molecule has 4 aromatic rings. The number of nitrogens with one attached hydrogen (secondary N) is 1. The number of aromatic nitrogens is 5. The molecule has 0 radical (unpaired) electrons. The van der Waals surface area contributed by atoms with Gasteiger partial charge < -0.3 is 11.1 Å². The molecular formula is C18H15N7O. The first-order valence-electron chi connectivity index (χ1n) is 7.95. The zero-order valence-electron chi connectivity index (χ0n) is 13.7. The number of hydrogen-bond acceptors (Lipinski definition) is 6. The van der Waals surface area contributed by atoms with E-state index in [-0.39, 0.29) is 0 Å². The van der Waals surface area contributed by atoms with Crippen LogP contribution in [-0.2, 0) is 6.54 Å². The van der Waals surface area contributed by atoms with Crippen molar-refractivity contribution in [2.75, 3.05) is 5.32 Å². The van der Waals surface area contributed by atoms with Gasteiger partial charge in [0.25, 0.3) is 5.91 Å². The summed E-state index contributed by atoms with van der Waals surface area (Å²) < 4.78 is 1.73. The first-order valence-corrected chi connectivity index (χ1v) is 7.95. The minimum Gasteiger partial charge on any atom is -0.366 e. The highest BCUT2D eigenvalue weighted by atomic mass is 16.1. The summed E-state index contributed by atoms with van der Waals surface area (Å²) in [6.07, 6.45) is 4.79. The molecule has 1 amide bonds. The number of anilines is 1. The van der Waals surface area contributed by atoms with Crippen LogP contribution < -0.4 is 11.1 Å². The highest BCUT2D eigenvalue weighted by molar-refractivity contribution is 5.99. The first-order chi connectivity index (χ1) is 12.7. The summed E-state index contributed by atoms with van der Waals surface area (Å²) in [4.78, 5) is 28.7. The Kier molecular flexibility index (Phi) is 3.98. The molecule has 8 heteroatoms. The third kappa shape index (κ3) is 2.95. The van der Waals surface area contributed by atoms with Crippen molar-refractivity contribution in [3.05, 3.63) is 72.3 Å². The molecule has 0 aliphatic heterocycles. The fourth-order valence-corrected chi connectivity index (χ4v) is 2.66. The van der Waals surface area contributed by atoms with Gasteiger partial charge in [-0.05, 0) is 17.7 Å². The molecule has 8 nitrogen and oxygen atoms in total. The molecule has 0 fully saturated rings. The smallest absolute Gasteiger partial charge is 0.250 e. The van der Waals surface area contributed by atoms with Crippen LogP contribution in [0, 0.1) is 0 Å². The van der Waals surface area contributed by atoms with Gasteiger partial charge in [-0.2, -0.15) is 4.98 Å². The highest BCUT2D eigenvalue weighted by Gasteiger charge is 2.14. The second-order valence-corrected chi connectivity index (χ2v) is 5.60. The molecule has 1 aromatic carbocycles. The van der Waals surface area contributed by atoms with Gasteiger partial charge >= 0.3 is 0 Å². The van der Waals surface area contributed by atoms with Crippen LogP contribution >= 0.6 is 0 Å². The van der Waals surface area contributed by atoms with E-state index in [4.69, 9.17) is 5.73 Å². The van der Waals surface area contributed by atoms with Gasteiger partial charge in [-0.1, -0.05) is 30.3 Å². The fraction of sp³-hybridized carbons (Fsp3) is 0.0556. The number of primary amides is 1. The van der Waals surface area contributed by atoms with Gasteiger partial charge in [0.1, 0.15) is 6.33 Å². The van der Waals surface area contributed by atoms with Crippen molar-refractivity contribution < 1.29 is 4.79 Å². The van der Waals surface area contributed by atoms with Crippen LogP contribution in [0.3, 0.4) is 0 Å². The van der Waals surface area contributed by atoms with Crippen molar-refractivity contribution in [2.24, 2.45) is 5.73 Å².